The van der Waals surface area contributed by atoms with Crippen molar-refractivity contribution < 1.29 is 9.59 Å². The summed E-state index contributed by atoms with van der Waals surface area (Å²) in [4.78, 5) is 27.6. The van der Waals surface area contributed by atoms with E-state index in [9.17, 15) is 9.59 Å². The van der Waals surface area contributed by atoms with E-state index in [1.807, 2.05) is 25.7 Å². The summed E-state index contributed by atoms with van der Waals surface area (Å²) in [5.41, 5.74) is -0.409. The zero-order valence-electron chi connectivity index (χ0n) is 14.2. The average molecular weight is 294 g/mol. The Morgan fingerprint density at radius 2 is 1.81 bits per heavy atom. The molecule has 1 saturated carbocycles. The van der Waals surface area contributed by atoms with Crippen molar-refractivity contribution in [2.75, 3.05) is 0 Å². The maximum absolute atomic E-state index is 13.1. The maximum Gasteiger partial charge on any atom is 0.249 e. The Hall–Kier alpha value is -1.06. The highest BCUT2D eigenvalue weighted by Crippen LogP contribution is 2.42. The normalized spacial score (nSPS) is 31.4. The molecule has 0 aromatic heterocycles. The van der Waals surface area contributed by atoms with Crippen LogP contribution in [0, 0.1) is 5.41 Å². The molecule has 1 heterocycles. The highest BCUT2D eigenvalue weighted by molar-refractivity contribution is 6.00. The van der Waals surface area contributed by atoms with E-state index in [1.54, 1.807) is 0 Å². The highest BCUT2D eigenvalue weighted by Gasteiger charge is 2.51. The van der Waals surface area contributed by atoms with Crippen LogP contribution in [0.15, 0.2) is 0 Å². The minimum absolute atomic E-state index is 0.0329. The lowest BCUT2D eigenvalue weighted by molar-refractivity contribution is -0.158. The largest absolute Gasteiger partial charge is 0.340 e. The van der Waals surface area contributed by atoms with Crippen molar-refractivity contribution in [3.05, 3.63) is 0 Å². The molecule has 0 bridgehead atoms. The first-order valence-electron chi connectivity index (χ1n) is 8.45. The number of carbonyl (C=O) groups is 2. The number of amides is 2. The zero-order valence-corrected chi connectivity index (χ0v) is 14.2. The molecule has 2 amide bonds. The van der Waals surface area contributed by atoms with Crippen LogP contribution in [-0.2, 0) is 9.59 Å². The average Bonchev–Trinajstić information content (AvgIpc) is 2.80. The Kier molecular flexibility index (Phi) is 4.36. The summed E-state index contributed by atoms with van der Waals surface area (Å²) in [6.45, 7) is 10.5. The summed E-state index contributed by atoms with van der Waals surface area (Å²) in [6.07, 6.45) is 5.18. The van der Waals surface area contributed by atoms with E-state index >= 15 is 0 Å². The van der Waals surface area contributed by atoms with Gasteiger partial charge in [0, 0.05) is 6.04 Å². The summed E-state index contributed by atoms with van der Waals surface area (Å²) >= 11 is 0. The topological polar surface area (TPSA) is 49.4 Å². The molecule has 1 aliphatic heterocycles. The van der Waals surface area contributed by atoms with Gasteiger partial charge in [-0.1, -0.05) is 34.6 Å². The molecule has 2 rings (SSSR count). The van der Waals surface area contributed by atoms with E-state index in [0.717, 1.165) is 19.3 Å². The number of carbonyl (C=O) groups excluding carboxylic acids is 2. The van der Waals surface area contributed by atoms with Crippen molar-refractivity contribution >= 4 is 11.8 Å². The number of hydrogen-bond acceptors (Lipinski definition) is 2. The second-order valence-corrected chi connectivity index (χ2v) is 7.48. The lowest BCUT2D eigenvalue weighted by atomic mass is 9.85. The standard InChI is InChI=1S/C17H30N2O2/c1-6-13-14(20)18-17(7-2,8-3)15(21)19(13)12-9-10-16(4,5)11-12/h12-13H,6-11H2,1-5H3,(H,18,20). The Morgan fingerprint density at radius 1 is 1.19 bits per heavy atom. The molecule has 2 fully saturated rings. The molecule has 21 heavy (non-hydrogen) atoms. The molecule has 2 unspecified atom stereocenters. The summed E-state index contributed by atoms with van der Waals surface area (Å²) in [5, 5.41) is 3.02. The predicted octanol–water partition coefficient (Wildman–Crippen LogP) is 2.86. The molecule has 2 atom stereocenters. The quantitative estimate of drug-likeness (QED) is 0.866. The second kappa shape index (κ2) is 5.62. The van der Waals surface area contributed by atoms with E-state index in [0.29, 0.717) is 19.3 Å². The number of piperazine rings is 1. The van der Waals surface area contributed by atoms with Crippen LogP contribution in [0.1, 0.15) is 73.1 Å². The van der Waals surface area contributed by atoms with Crippen molar-refractivity contribution in [2.45, 2.75) is 90.8 Å². The van der Waals surface area contributed by atoms with Gasteiger partial charge >= 0.3 is 0 Å². The predicted molar refractivity (Wildman–Crippen MR) is 83.8 cm³/mol. The molecular weight excluding hydrogens is 264 g/mol. The zero-order chi connectivity index (χ0) is 15.8. The Balaban J connectivity index is 2.34. The second-order valence-electron chi connectivity index (χ2n) is 7.48. The Labute approximate surface area is 128 Å². The molecule has 0 spiro atoms. The maximum atomic E-state index is 13.1. The monoisotopic (exact) mass is 294 g/mol. The number of hydrogen-bond donors (Lipinski definition) is 1. The van der Waals surface area contributed by atoms with E-state index in [-0.39, 0.29) is 29.3 Å². The van der Waals surface area contributed by atoms with Gasteiger partial charge in [-0.3, -0.25) is 9.59 Å². The van der Waals surface area contributed by atoms with Crippen molar-refractivity contribution in [2.24, 2.45) is 5.41 Å². The fourth-order valence-electron chi connectivity index (χ4n) is 4.06. The SMILES string of the molecule is CCC1C(=O)NC(CC)(CC)C(=O)N1C1CCC(C)(C)C1. The van der Waals surface area contributed by atoms with Crippen LogP contribution >= 0.6 is 0 Å². The Morgan fingerprint density at radius 3 is 2.24 bits per heavy atom. The van der Waals surface area contributed by atoms with Gasteiger partial charge in [0.15, 0.2) is 0 Å². The Bertz CT molecular complexity index is 427. The van der Waals surface area contributed by atoms with Crippen LogP contribution < -0.4 is 5.32 Å². The van der Waals surface area contributed by atoms with Crippen molar-refractivity contribution in [3.63, 3.8) is 0 Å². The van der Waals surface area contributed by atoms with Crippen molar-refractivity contribution in [1.29, 1.82) is 0 Å². The van der Waals surface area contributed by atoms with Gasteiger partial charge in [0.25, 0.3) is 0 Å². The third-order valence-electron chi connectivity index (χ3n) is 5.57. The van der Waals surface area contributed by atoms with Gasteiger partial charge in [-0.15, -0.1) is 0 Å². The summed E-state index contributed by atoms with van der Waals surface area (Å²) in [5.74, 6) is 0.173. The fraction of sp³-hybridized carbons (Fsp3) is 0.882. The molecule has 2 aliphatic rings. The first kappa shape index (κ1) is 16.3. The van der Waals surface area contributed by atoms with E-state index < -0.39 is 5.54 Å². The van der Waals surface area contributed by atoms with Gasteiger partial charge in [0.05, 0.1) is 0 Å². The molecular formula is C17H30N2O2. The van der Waals surface area contributed by atoms with Crippen LogP contribution in [-0.4, -0.2) is 34.3 Å². The number of rotatable bonds is 4. The van der Waals surface area contributed by atoms with E-state index in [2.05, 4.69) is 19.2 Å². The fourth-order valence-corrected chi connectivity index (χ4v) is 4.06. The van der Waals surface area contributed by atoms with Crippen LogP contribution in [0.2, 0.25) is 0 Å². The van der Waals surface area contributed by atoms with Crippen LogP contribution in [0.3, 0.4) is 0 Å². The molecule has 1 saturated heterocycles. The highest BCUT2D eigenvalue weighted by atomic mass is 16.2. The van der Waals surface area contributed by atoms with Gasteiger partial charge < -0.3 is 10.2 Å². The molecule has 1 N–H and O–H groups in total. The van der Waals surface area contributed by atoms with E-state index in [1.165, 1.54) is 0 Å². The summed E-state index contributed by atoms with van der Waals surface area (Å²) in [6, 6.07) is -0.0661. The lowest BCUT2D eigenvalue weighted by Gasteiger charge is -2.48. The van der Waals surface area contributed by atoms with Gasteiger partial charge in [0.2, 0.25) is 11.8 Å². The van der Waals surface area contributed by atoms with Crippen molar-refractivity contribution in [3.8, 4) is 0 Å². The summed E-state index contributed by atoms with van der Waals surface area (Å²) < 4.78 is 0. The van der Waals surface area contributed by atoms with Crippen LogP contribution in [0.4, 0.5) is 0 Å². The number of nitrogens with zero attached hydrogens (tertiary/aromatic N) is 1. The van der Waals surface area contributed by atoms with Crippen molar-refractivity contribution in [1.82, 2.24) is 10.2 Å². The first-order valence-corrected chi connectivity index (χ1v) is 8.45. The summed E-state index contributed by atoms with van der Waals surface area (Å²) in [7, 11) is 0. The first-order chi connectivity index (χ1) is 9.80. The molecule has 4 heteroatoms. The van der Waals surface area contributed by atoms with E-state index in [4.69, 9.17) is 0 Å². The van der Waals surface area contributed by atoms with Crippen LogP contribution in [0.5, 0.6) is 0 Å². The third-order valence-corrected chi connectivity index (χ3v) is 5.57. The minimum Gasteiger partial charge on any atom is -0.340 e. The smallest absolute Gasteiger partial charge is 0.249 e. The van der Waals surface area contributed by atoms with Gasteiger partial charge in [-0.2, -0.15) is 0 Å². The van der Waals surface area contributed by atoms with Gasteiger partial charge in [0.1, 0.15) is 11.6 Å². The van der Waals surface area contributed by atoms with Gasteiger partial charge in [-0.25, -0.2) is 0 Å². The molecule has 1 aliphatic carbocycles. The molecule has 0 radical (unpaired) electrons. The number of nitrogens with one attached hydrogen (secondary N) is 1. The minimum atomic E-state index is -0.685. The van der Waals surface area contributed by atoms with Gasteiger partial charge in [-0.05, 0) is 43.9 Å². The molecule has 120 valence electrons. The third kappa shape index (κ3) is 2.69. The van der Waals surface area contributed by atoms with Crippen LogP contribution in [0.25, 0.3) is 0 Å². The molecule has 4 nitrogen and oxygen atoms in total. The molecule has 0 aromatic carbocycles. The molecule has 0 aromatic rings. The lowest BCUT2D eigenvalue weighted by Crippen LogP contribution is -2.71.